The molecule has 7 nitrogen and oxygen atoms in total. The zero-order chi connectivity index (χ0) is 17.2. The minimum absolute atomic E-state index is 0.0294. The third kappa shape index (κ3) is 3.50. The first kappa shape index (κ1) is 16.7. The third-order valence-corrected chi connectivity index (χ3v) is 5.13. The van der Waals surface area contributed by atoms with E-state index < -0.39 is 10.0 Å². The van der Waals surface area contributed by atoms with E-state index >= 15 is 0 Å². The van der Waals surface area contributed by atoms with Gasteiger partial charge >= 0.3 is 0 Å². The average molecular weight is 348 g/mol. The molecule has 1 aliphatic rings. The van der Waals surface area contributed by atoms with Crippen molar-refractivity contribution in [3.63, 3.8) is 0 Å². The second kappa shape index (κ2) is 6.76. The van der Waals surface area contributed by atoms with E-state index in [4.69, 9.17) is 5.14 Å². The van der Waals surface area contributed by atoms with Crippen LogP contribution in [0.15, 0.2) is 47.6 Å². The molecule has 0 bridgehead atoms. The molecular formula is C16H20N4O3S. The van der Waals surface area contributed by atoms with E-state index in [1.54, 1.807) is 24.5 Å². The molecular weight excluding hydrogens is 328 g/mol. The lowest BCUT2D eigenvalue weighted by Gasteiger charge is -2.38. The Morgan fingerprint density at radius 2 is 1.67 bits per heavy atom. The predicted molar refractivity (Wildman–Crippen MR) is 92.4 cm³/mol. The van der Waals surface area contributed by atoms with Gasteiger partial charge in [-0.3, -0.25) is 4.98 Å². The molecule has 1 aliphatic heterocycles. The molecule has 0 unspecified atom stereocenters. The van der Waals surface area contributed by atoms with Crippen LogP contribution in [0.4, 0.5) is 11.4 Å². The lowest BCUT2D eigenvalue weighted by molar-refractivity contribution is 0.281. The Labute approximate surface area is 141 Å². The number of hydrogen-bond acceptors (Lipinski definition) is 6. The fourth-order valence-corrected chi connectivity index (χ4v) is 3.42. The number of hydrogen-bond donors (Lipinski definition) is 2. The molecule has 0 atom stereocenters. The summed E-state index contributed by atoms with van der Waals surface area (Å²) in [7, 11) is -3.66. The smallest absolute Gasteiger partial charge is 0.238 e. The number of benzene rings is 1. The largest absolute Gasteiger partial charge is 0.392 e. The number of pyridine rings is 1. The summed E-state index contributed by atoms with van der Waals surface area (Å²) in [6, 6.07) is 8.54. The van der Waals surface area contributed by atoms with Crippen molar-refractivity contribution in [2.75, 3.05) is 36.0 Å². The molecule has 1 aromatic heterocycles. The van der Waals surface area contributed by atoms with E-state index in [0.717, 1.165) is 43.1 Å². The summed E-state index contributed by atoms with van der Waals surface area (Å²) >= 11 is 0. The molecule has 2 aromatic rings. The monoisotopic (exact) mass is 348 g/mol. The summed E-state index contributed by atoms with van der Waals surface area (Å²) in [6.07, 6.45) is 3.42. The summed E-state index contributed by atoms with van der Waals surface area (Å²) in [6.45, 7) is 3.21. The molecule has 8 heteroatoms. The molecule has 1 fully saturated rings. The minimum atomic E-state index is -3.66. The molecule has 0 spiro atoms. The Morgan fingerprint density at radius 1 is 1.04 bits per heavy atom. The Balaban J connectivity index is 1.69. The van der Waals surface area contributed by atoms with E-state index in [0.29, 0.717) is 0 Å². The van der Waals surface area contributed by atoms with Gasteiger partial charge in [0.05, 0.1) is 11.5 Å². The van der Waals surface area contributed by atoms with Crippen LogP contribution < -0.4 is 14.9 Å². The molecule has 128 valence electrons. The van der Waals surface area contributed by atoms with Gasteiger partial charge in [0.1, 0.15) is 0 Å². The van der Waals surface area contributed by atoms with Crippen molar-refractivity contribution >= 4 is 21.4 Å². The van der Waals surface area contributed by atoms with Gasteiger partial charge in [-0.05, 0) is 30.3 Å². The van der Waals surface area contributed by atoms with Crippen LogP contribution in [0.2, 0.25) is 0 Å². The first-order chi connectivity index (χ1) is 11.5. The van der Waals surface area contributed by atoms with Crippen LogP contribution >= 0.6 is 0 Å². The van der Waals surface area contributed by atoms with Crippen LogP contribution in [0, 0.1) is 0 Å². The highest BCUT2D eigenvalue weighted by molar-refractivity contribution is 7.89. The molecule has 1 saturated heterocycles. The van der Waals surface area contributed by atoms with Gasteiger partial charge in [-0.25, -0.2) is 13.6 Å². The maximum Gasteiger partial charge on any atom is 0.238 e. The van der Waals surface area contributed by atoms with Crippen molar-refractivity contribution < 1.29 is 13.5 Å². The van der Waals surface area contributed by atoms with Gasteiger partial charge in [0.15, 0.2) is 0 Å². The highest BCUT2D eigenvalue weighted by Gasteiger charge is 2.19. The first-order valence-electron chi connectivity index (χ1n) is 7.65. The highest BCUT2D eigenvalue weighted by Crippen LogP contribution is 2.24. The molecule has 3 rings (SSSR count). The number of sulfonamides is 1. The fraction of sp³-hybridized carbons (Fsp3) is 0.312. The van der Waals surface area contributed by atoms with Crippen molar-refractivity contribution in [2.45, 2.75) is 11.5 Å². The minimum Gasteiger partial charge on any atom is -0.392 e. The molecule has 0 saturated carbocycles. The normalized spacial score (nSPS) is 15.6. The molecule has 0 aliphatic carbocycles. The van der Waals surface area contributed by atoms with Crippen LogP contribution in [-0.2, 0) is 16.6 Å². The molecule has 0 amide bonds. The highest BCUT2D eigenvalue weighted by atomic mass is 32.2. The van der Waals surface area contributed by atoms with Crippen LogP contribution in [0.3, 0.4) is 0 Å². The number of rotatable bonds is 4. The van der Waals surface area contributed by atoms with Gasteiger partial charge in [-0.15, -0.1) is 0 Å². The topological polar surface area (TPSA) is 99.8 Å². The molecule has 2 heterocycles. The number of aromatic nitrogens is 1. The van der Waals surface area contributed by atoms with Crippen molar-refractivity contribution in [2.24, 2.45) is 5.14 Å². The second-order valence-corrected chi connectivity index (χ2v) is 7.24. The number of aliphatic hydroxyl groups excluding tert-OH is 1. The van der Waals surface area contributed by atoms with Crippen molar-refractivity contribution in [3.8, 4) is 0 Å². The van der Waals surface area contributed by atoms with E-state index in [9.17, 15) is 13.5 Å². The Morgan fingerprint density at radius 3 is 2.25 bits per heavy atom. The second-order valence-electron chi connectivity index (χ2n) is 5.68. The summed E-state index contributed by atoms with van der Waals surface area (Å²) in [5, 5.41) is 14.6. The number of primary sulfonamides is 1. The zero-order valence-corrected chi connectivity index (χ0v) is 14.0. The Bertz CT molecular complexity index is 800. The quantitative estimate of drug-likeness (QED) is 0.837. The van der Waals surface area contributed by atoms with E-state index in [1.807, 2.05) is 6.07 Å². The van der Waals surface area contributed by atoms with E-state index in [-0.39, 0.29) is 11.5 Å². The number of nitrogens with zero attached hydrogens (tertiary/aromatic N) is 3. The van der Waals surface area contributed by atoms with Crippen LogP contribution in [0.25, 0.3) is 0 Å². The number of aliphatic hydroxyl groups is 1. The van der Waals surface area contributed by atoms with Crippen LogP contribution in [-0.4, -0.2) is 44.7 Å². The van der Waals surface area contributed by atoms with E-state index in [2.05, 4.69) is 14.8 Å². The molecule has 24 heavy (non-hydrogen) atoms. The van der Waals surface area contributed by atoms with Gasteiger partial charge in [0.2, 0.25) is 10.0 Å². The van der Waals surface area contributed by atoms with Gasteiger partial charge in [-0.2, -0.15) is 0 Å². The summed E-state index contributed by atoms with van der Waals surface area (Å²) < 4.78 is 22.6. The molecule has 3 N–H and O–H groups in total. The average Bonchev–Trinajstić information content (AvgIpc) is 2.61. The van der Waals surface area contributed by atoms with Crippen molar-refractivity contribution in [3.05, 3.63) is 48.3 Å². The zero-order valence-electron chi connectivity index (χ0n) is 13.2. The van der Waals surface area contributed by atoms with Crippen molar-refractivity contribution in [1.29, 1.82) is 0 Å². The Kier molecular flexibility index (Phi) is 4.70. The van der Waals surface area contributed by atoms with Gasteiger partial charge < -0.3 is 14.9 Å². The maximum atomic E-state index is 11.3. The van der Waals surface area contributed by atoms with E-state index in [1.165, 1.54) is 12.1 Å². The number of anilines is 2. The lowest BCUT2D eigenvalue weighted by atomic mass is 10.2. The Hall–Kier alpha value is -2.16. The number of nitrogens with two attached hydrogens (primary N) is 1. The summed E-state index contributed by atoms with van der Waals surface area (Å²) in [4.78, 5) is 8.59. The lowest BCUT2D eigenvalue weighted by Crippen LogP contribution is -2.46. The number of piperazine rings is 1. The molecule has 0 radical (unpaired) electrons. The molecule has 1 aromatic carbocycles. The SMILES string of the molecule is NS(=O)(=O)c1ccc(N2CCN(c3ccncc3CO)CC2)cc1. The summed E-state index contributed by atoms with van der Waals surface area (Å²) in [5.74, 6) is 0. The van der Waals surface area contributed by atoms with Gasteiger partial charge in [0, 0.05) is 55.5 Å². The van der Waals surface area contributed by atoms with Crippen molar-refractivity contribution in [1.82, 2.24) is 4.98 Å². The predicted octanol–water partition coefficient (Wildman–Crippen LogP) is 0.548. The van der Waals surface area contributed by atoms with Gasteiger partial charge in [0.25, 0.3) is 0 Å². The van der Waals surface area contributed by atoms with Gasteiger partial charge in [-0.1, -0.05) is 0 Å². The van der Waals surface area contributed by atoms with Crippen LogP contribution in [0.1, 0.15) is 5.56 Å². The maximum absolute atomic E-state index is 11.3. The summed E-state index contributed by atoms with van der Waals surface area (Å²) in [5.41, 5.74) is 2.80. The standard InChI is InChI=1S/C16H20N4O3S/c17-24(22,23)15-3-1-14(2-4-15)19-7-9-20(10-8-19)16-5-6-18-11-13(16)12-21/h1-6,11,21H,7-10,12H2,(H2,17,22,23). The third-order valence-electron chi connectivity index (χ3n) is 4.20. The van der Waals surface area contributed by atoms with Crippen LogP contribution in [0.5, 0.6) is 0 Å². The first-order valence-corrected chi connectivity index (χ1v) is 9.20. The fourth-order valence-electron chi connectivity index (χ4n) is 2.90.